The molecular formula is C28H29N3O3. The topological polar surface area (TPSA) is 90.4 Å². The Morgan fingerprint density at radius 2 is 1.94 bits per heavy atom. The molecule has 1 aliphatic carbocycles. The van der Waals surface area contributed by atoms with Gasteiger partial charge in [0, 0.05) is 35.5 Å². The van der Waals surface area contributed by atoms with Crippen LogP contribution in [0.3, 0.4) is 0 Å². The minimum Gasteiger partial charge on any atom is -0.496 e. The third-order valence-corrected chi connectivity index (χ3v) is 6.60. The number of amides is 1. The van der Waals surface area contributed by atoms with Crippen LogP contribution in [-0.4, -0.2) is 30.1 Å². The van der Waals surface area contributed by atoms with Gasteiger partial charge in [0.2, 0.25) is 0 Å². The van der Waals surface area contributed by atoms with Crippen LogP contribution in [0, 0.1) is 6.92 Å². The van der Waals surface area contributed by atoms with E-state index in [4.69, 9.17) is 14.9 Å². The SMILES string of the molecule is COc1ccc(C)cc1-c1cc2nccc(-c3cccc(C(=O)N[C@@H]4CCCC[C@@H]4N)c3)c2o1. The van der Waals surface area contributed by atoms with E-state index >= 15 is 0 Å². The van der Waals surface area contributed by atoms with E-state index in [9.17, 15) is 4.79 Å². The Morgan fingerprint density at radius 3 is 2.76 bits per heavy atom. The van der Waals surface area contributed by atoms with E-state index in [1.165, 1.54) is 0 Å². The van der Waals surface area contributed by atoms with Crippen LogP contribution in [0.4, 0.5) is 0 Å². The van der Waals surface area contributed by atoms with E-state index in [2.05, 4.69) is 10.3 Å². The fourth-order valence-corrected chi connectivity index (χ4v) is 4.73. The normalized spacial score (nSPS) is 18.1. The zero-order chi connectivity index (χ0) is 23.7. The number of furan rings is 1. The summed E-state index contributed by atoms with van der Waals surface area (Å²) in [5, 5.41) is 3.13. The first kappa shape index (κ1) is 22.2. The molecule has 2 aromatic heterocycles. The van der Waals surface area contributed by atoms with Crippen molar-refractivity contribution in [3.05, 3.63) is 71.9 Å². The van der Waals surface area contributed by atoms with Crippen molar-refractivity contribution < 1.29 is 13.9 Å². The third-order valence-electron chi connectivity index (χ3n) is 6.60. The summed E-state index contributed by atoms with van der Waals surface area (Å²) in [7, 11) is 1.65. The van der Waals surface area contributed by atoms with Crippen LogP contribution >= 0.6 is 0 Å². The van der Waals surface area contributed by atoms with Crippen LogP contribution in [0.25, 0.3) is 33.6 Å². The van der Waals surface area contributed by atoms with Crippen molar-refractivity contribution >= 4 is 17.0 Å². The summed E-state index contributed by atoms with van der Waals surface area (Å²) in [5.41, 5.74) is 12.0. The van der Waals surface area contributed by atoms with Gasteiger partial charge < -0.3 is 20.2 Å². The Kier molecular flexibility index (Phi) is 6.07. The Balaban J connectivity index is 1.49. The number of aromatic nitrogens is 1. The van der Waals surface area contributed by atoms with Gasteiger partial charge >= 0.3 is 0 Å². The minimum atomic E-state index is -0.0980. The molecule has 1 fully saturated rings. The fourth-order valence-electron chi connectivity index (χ4n) is 4.73. The summed E-state index contributed by atoms with van der Waals surface area (Å²) in [6.45, 7) is 2.03. The highest BCUT2D eigenvalue weighted by molar-refractivity contribution is 5.98. The van der Waals surface area contributed by atoms with Crippen LogP contribution in [-0.2, 0) is 0 Å². The van der Waals surface area contributed by atoms with Gasteiger partial charge in [-0.2, -0.15) is 0 Å². The molecule has 174 valence electrons. The first-order valence-electron chi connectivity index (χ1n) is 11.7. The summed E-state index contributed by atoms with van der Waals surface area (Å²) in [5.74, 6) is 1.33. The minimum absolute atomic E-state index is 0.0147. The van der Waals surface area contributed by atoms with Gasteiger partial charge in [0.1, 0.15) is 17.0 Å². The molecule has 1 saturated carbocycles. The van der Waals surface area contributed by atoms with Crippen molar-refractivity contribution in [2.24, 2.45) is 5.73 Å². The molecule has 2 atom stereocenters. The lowest BCUT2D eigenvalue weighted by Gasteiger charge is -2.29. The van der Waals surface area contributed by atoms with E-state index in [1.54, 1.807) is 13.3 Å². The quantitative estimate of drug-likeness (QED) is 0.416. The molecule has 6 heteroatoms. The molecule has 1 amide bonds. The van der Waals surface area contributed by atoms with Crippen molar-refractivity contribution in [1.29, 1.82) is 0 Å². The number of methoxy groups -OCH3 is 1. The lowest BCUT2D eigenvalue weighted by atomic mass is 9.91. The van der Waals surface area contributed by atoms with Crippen LogP contribution in [0.2, 0.25) is 0 Å². The van der Waals surface area contributed by atoms with Gasteiger partial charge in [-0.25, -0.2) is 0 Å². The average Bonchev–Trinajstić information content (AvgIpc) is 3.30. The Labute approximate surface area is 199 Å². The lowest BCUT2D eigenvalue weighted by Crippen LogP contribution is -2.49. The number of hydrogen-bond donors (Lipinski definition) is 2. The molecule has 0 aliphatic heterocycles. The molecule has 4 aromatic rings. The van der Waals surface area contributed by atoms with Crippen LogP contribution in [0.1, 0.15) is 41.6 Å². The Morgan fingerprint density at radius 1 is 1.09 bits per heavy atom. The van der Waals surface area contributed by atoms with Gasteiger partial charge in [-0.1, -0.05) is 36.6 Å². The summed E-state index contributed by atoms with van der Waals surface area (Å²) in [6, 6.07) is 17.5. The van der Waals surface area contributed by atoms with Crippen molar-refractivity contribution in [3.8, 4) is 28.2 Å². The zero-order valence-electron chi connectivity index (χ0n) is 19.5. The number of pyridine rings is 1. The van der Waals surface area contributed by atoms with Crippen LogP contribution in [0.5, 0.6) is 5.75 Å². The largest absolute Gasteiger partial charge is 0.496 e. The van der Waals surface area contributed by atoms with Crippen LogP contribution < -0.4 is 15.8 Å². The summed E-state index contributed by atoms with van der Waals surface area (Å²) >= 11 is 0. The van der Waals surface area contributed by atoms with E-state index in [0.717, 1.165) is 59.2 Å². The van der Waals surface area contributed by atoms with E-state index < -0.39 is 0 Å². The third kappa shape index (κ3) is 4.29. The molecule has 34 heavy (non-hydrogen) atoms. The second-order valence-corrected chi connectivity index (χ2v) is 9.00. The standard InChI is InChI=1S/C28H29N3O3/c1-17-10-11-25(33-2)21(14-17)26-16-24-27(34-26)20(12-13-30-24)18-6-5-7-19(15-18)28(32)31-23-9-4-3-8-22(23)29/h5-7,10-16,22-23H,3-4,8-9,29H2,1-2H3,(H,31,32)/t22-,23+/m0/s1. The monoisotopic (exact) mass is 455 g/mol. The molecule has 6 nitrogen and oxygen atoms in total. The molecule has 0 unspecified atom stereocenters. The predicted octanol–water partition coefficient (Wildman–Crippen LogP) is 5.48. The van der Waals surface area contributed by atoms with E-state index in [1.807, 2.05) is 61.5 Å². The Bertz CT molecular complexity index is 1340. The molecule has 0 bridgehead atoms. The van der Waals surface area contributed by atoms with Gasteiger partial charge in [-0.3, -0.25) is 9.78 Å². The maximum atomic E-state index is 13.0. The number of hydrogen-bond acceptors (Lipinski definition) is 5. The number of fused-ring (bicyclic) bond motifs is 1. The number of rotatable bonds is 5. The van der Waals surface area contributed by atoms with E-state index in [-0.39, 0.29) is 18.0 Å². The highest BCUT2D eigenvalue weighted by Gasteiger charge is 2.24. The predicted molar refractivity (Wildman–Crippen MR) is 134 cm³/mol. The summed E-state index contributed by atoms with van der Waals surface area (Å²) in [6.07, 6.45) is 5.86. The zero-order valence-corrected chi connectivity index (χ0v) is 19.5. The highest BCUT2D eigenvalue weighted by Crippen LogP contribution is 2.37. The molecular weight excluding hydrogens is 426 g/mol. The van der Waals surface area contributed by atoms with Crippen LogP contribution in [0.15, 0.2) is 65.2 Å². The summed E-state index contributed by atoms with van der Waals surface area (Å²) < 4.78 is 11.9. The summed E-state index contributed by atoms with van der Waals surface area (Å²) in [4.78, 5) is 17.5. The van der Waals surface area contributed by atoms with Crippen molar-refractivity contribution in [2.45, 2.75) is 44.7 Å². The van der Waals surface area contributed by atoms with Gasteiger partial charge in [-0.15, -0.1) is 0 Å². The van der Waals surface area contributed by atoms with Crippen molar-refractivity contribution in [1.82, 2.24) is 10.3 Å². The molecule has 5 rings (SSSR count). The molecule has 2 heterocycles. The number of nitrogens with two attached hydrogens (primary N) is 1. The number of ether oxygens (including phenoxy) is 1. The first-order valence-corrected chi connectivity index (χ1v) is 11.7. The molecule has 0 saturated heterocycles. The molecule has 2 aromatic carbocycles. The molecule has 0 radical (unpaired) electrons. The molecule has 1 aliphatic rings. The lowest BCUT2D eigenvalue weighted by molar-refractivity contribution is 0.0921. The number of aryl methyl sites for hydroxylation is 1. The van der Waals surface area contributed by atoms with Gasteiger partial charge in [-0.05, 0) is 55.7 Å². The maximum Gasteiger partial charge on any atom is 0.251 e. The number of nitrogens with one attached hydrogen (secondary N) is 1. The number of nitrogens with zero attached hydrogens (tertiary/aromatic N) is 1. The Hall–Kier alpha value is -3.64. The van der Waals surface area contributed by atoms with Crippen molar-refractivity contribution in [2.75, 3.05) is 7.11 Å². The molecule has 0 spiro atoms. The maximum absolute atomic E-state index is 13.0. The second-order valence-electron chi connectivity index (χ2n) is 9.00. The number of carbonyl (C=O) groups excluding carboxylic acids is 1. The smallest absolute Gasteiger partial charge is 0.251 e. The highest BCUT2D eigenvalue weighted by atomic mass is 16.5. The second kappa shape index (κ2) is 9.31. The first-order chi connectivity index (χ1) is 16.5. The average molecular weight is 456 g/mol. The van der Waals surface area contributed by atoms with Gasteiger partial charge in [0.25, 0.3) is 5.91 Å². The van der Waals surface area contributed by atoms with Gasteiger partial charge in [0.15, 0.2) is 5.58 Å². The number of carbonyl (C=O) groups is 1. The molecule has 3 N–H and O–H groups in total. The van der Waals surface area contributed by atoms with E-state index in [0.29, 0.717) is 16.9 Å². The van der Waals surface area contributed by atoms with Crippen molar-refractivity contribution in [3.63, 3.8) is 0 Å². The van der Waals surface area contributed by atoms with Gasteiger partial charge in [0.05, 0.1) is 12.7 Å². The fraction of sp³-hybridized carbons (Fsp3) is 0.286. The number of benzene rings is 2.